The van der Waals surface area contributed by atoms with Gasteiger partial charge in [0, 0.05) is 33.9 Å². The number of anilines is 4. The van der Waals surface area contributed by atoms with Crippen LogP contribution in [-0.2, 0) is 0 Å². The van der Waals surface area contributed by atoms with Crippen molar-refractivity contribution >= 4 is 58.3 Å². The van der Waals surface area contributed by atoms with E-state index in [0.717, 1.165) is 0 Å². The van der Waals surface area contributed by atoms with Gasteiger partial charge in [0.25, 0.3) is 0 Å². The summed E-state index contributed by atoms with van der Waals surface area (Å²) < 4.78 is 0. The third-order valence-electron chi connectivity index (χ3n) is 10.6. The molecule has 0 atom stereocenters. The van der Waals surface area contributed by atoms with Crippen LogP contribution in [0.1, 0.15) is 0 Å². The quantitative estimate of drug-likeness (QED) is 0.196. The average Bonchev–Trinajstić information content (AvgIpc) is 3.64. The molecule has 0 aromatic heterocycles. The molecule has 0 aliphatic carbocycles. The maximum Gasteiger partial charge on any atom is 0.330 e. The number of rotatable bonds is 2. The summed E-state index contributed by atoms with van der Waals surface area (Å²) in [6.45, 7) is 0.149. The Kier molecular flexibility index (Phi) is 4.77. The Balaban J connectivity index is 1.36. The number of hydrogen-bond acceptors (Lipinski definition) is 2. The van der Waals surface area contributed by atoms with E-state index >= 15 is 0 Å². The molecule has 7 aromatic rings. The molecule has 11 rings (SSSR count). The molecular formula is C42H26B2N2. The summed E-state index contributed by atoms with van der Waals surface area (Å²) in [6, 6.07) is 58.4. The number of hydrogen-bond donors (Lipinski definition) is 0. The summed E-state index contributed by atoms with van der Waals surface area (Å²) in [5.74, 6) is 0. The van der Waals surface area contributed by atoms with Crippen molar-refractivity contribution in [2.75, 3.05) is 9.62 Å². The molecular weight excluding hydrogens is 554 g/mol. The fourth-order valence-electron chi connectivity index (χ4n) is 9.05. The summed E-state index contributed by atoms with van der Waals surface area (Å²) in [6.07, 6.45) is 0. The minimum absolute atomic E-state index is 0.0746. The predicted octanol–water partition coefficient (Wildman–Crippen LogP) is 7.50. The molecule has 0 saturated heterocycles. The van der Waals surface area contributed by atoms with Gasteiger partial charge in [0.05, 0.1) is 0 Å². The van der Waals surface area contributed by atoms with Gasteiger partial charge in [-0.15, -0.1) is 0 Å². The van der Waals surface area contributed by atoms with Gasteiger partial charge in [0.1, 0.15) is 0 Å². The minimum atomic E-state index is 0.0746. The summed E-state index contributed by atoms with van der Waals surface area (Å²) in [4.78, 5) is 5.19. The molecule has 4 heterocycles. The number of benzene rings is 7. The third kappa shape index (κ3) is 2.95. The van der Waals surface area contributed by atoms with Crippen LogP contribution in [0.25, 0.3) is 44.5 Å². The zero-order valence-electron chi connectivity index (χ0n) is 25.1. The van der Waals surface area contributed by atoms with Crippen molar-refractivity contribution in [3.05, 3.63) is 158 Å². The maximum atomic E-state index is 2.59. The topological polar surface area (TPSA) is 6.48 Å². The molecule has 4 aliphatic rings. The largest absolute Gasteiger partial charge is 0.376 e. The summed E-state index contributed by atoms with van der Waals surface area (Å²) in [7, 11) is 0. The lowest BCUT2D eigenvalue weighted by atomic mass is 9.44. The van der Waals surface area contributed by atoms with Crippen molar-refractivity contribution in [3.63, 3.8) is 0 Å². The third-order valence-corrected chi connectivity index (χ3v) is 10.6. The lowest BCUT2D eigenvalue weighted by molar-refractivity contribution is 1.36. The lowest BCUT2D eigenvalue weighted by Crippen LogP contribution is -2.57. The van der Waals surface area contributed by atoms with E-state index in [2.05, 4.69) is 167 Å². The summed E-state index contributed by atoms with van der Waals surface area (Å²) in [5.41, 5.74) is 21.6. The van der Waals surface area contributed by atoms with E-state index in [1.54, 1.807) is 0 Å². The van der Waals surface area contributed by atoms with E-state index in [0.29, 0.717) is 0 Å². The molecule has 0 saturated carbocycles. The van der Waals surface area contributed by atoms with E-state index < -0.39 is 0 Å². The Morgan fingerprint density at radius 1 is 0.304 bits per heavy atom. The van der Waals surface area contributed by atoms with Crippen LogP contribution in [0.2, 0.25) is 0 Å². The standard InChI is InChI=1S/C42H26B2N2/c1-3-15-27(16-4-1)45-35-25-13-9-21-31(35)39-40-32-22-10-14-26-36(32)46(28-17-5-2-6-18-28)44-34-24-12-8-20-30(34)38(42(40)44)37-29-19-7-11-23-33(29)43(45)41(37)39/h1-26H. The van der Waals surface area contributed by atoms with Crippen molar-refractivity contribution in [2.45, 2.75) is 0 Å². The Bertz CT molecular complexity index is 2230. The van der Waals surface area contributed by atoms with Gasteiger partial charge in [-0.25, -0.2) is 0 Å². The SMILES string of the molecule is c1ccc(N2B3c4ccccc4-c4c3c(c3c5c4-c4ccccc4B5N(c4ccccc4)c4ccccc4-3)-c3ccccc32)cc1. The minimum Gasteiger partial charge on any atom is -0.376 e. The highest BCUT2D eigenvalue weighted by atomic mass is 15.1. The van der Waals surface area contributed by atoms with Crippen molar-refractivity contribution in [3.8, 4) is 44.5 Å². The van der Waals surface area contributed by atoms with Crippen LogP contribution >= 0.6 is 0 Å². The first-order valence-electron chi connectivity index (χ1n) is 16.2. The molecule has 7 aromatic carbocycles. The second kappa shape index (κ2) is 8.93. The molecule has 0 spiro atoms. The molecule has 210 valence electrons. The van der Waals surface area contributed by atoms with Gasteiger partial charge in [-0.1, -0.05) is 121 Å². The van der Waals surface area contributed by atoms with Gasteiger partial charge < -0.3 is 9.62 Å². The molecule has 4 heteroatoms. The molecule has 0 unspecified atom stereocenters. The van der Waals surface area contributed by atoms with Crippen LogP contribution in [0, 0.1) is 0 Å². The van der Waals surface area contributed by atoms with E-state index in [9.17, 15) is 0 Å². The normalized spacial score (nSPS) is 13.9. The highest BCUT2D eigenvalue weighted by molar-refractivity contribution is 6.98. The average molecular weight is 580 g/mol. The highest BCUT2D eigenvalue weighted by Crippen LogP contribution is 2.53. The Morgan fingerprint density at radius 3 is 1.07 bits per heavy atom. The van der Waals surface area contributed by atoms with Gasteiger partial charge >= 0.3 is 13.7 Å². The molecule has 0 amide bonds. The number of para-hydroxylation sites is 4. The van der Waals surface area contributed by atoms with Gasteiger partial charge in [-0.2, -0.15) is 0 Å². The van der Waals surface area contributed by atoms with Crippen LogP contribution in [0.15, 0.2) is 158 Å². The van der Waals surface area contributed by atoms with Crippen molar-refractivity contribution in [1.82, 2.24) is 0 Å². The number of nitrogens with zero attached hydrogens (tertiary/aromatic N) is 2. The van der Waals surface area contributed by atoms with Crippen molar-refractivity contribution in [2.24, 2.45) is 0 Å². The van der Waals surface area contributed by atoms with Crippen LogP contribution in [-0.4, -0.2) is 13.7 Å². The van der Waals surface area contributed by atoms with Crippen LogP contribution in [0.4, 0.5) is 22.7 Å². The fourth-order valence-corrected chi connectivity index (χ4v) is 9.05. The van der Waals surface area contributed by atoms with Crippen LogP contribution < -0.4 is 31.5 Å². The maximum absolute atomic E-state index is 2.59. The van der Waals surface area contributed by atoms with Crippen LogP contribution in [0.5, 0.6) is 0 Å². The highest BCUT2D eigenvalue weighted by Gasteiger charge is 2.53. The smallest absolute Gasteiger partial charge is 0.330 e. The molecule has 0 N–H and O–H groups in total. The zero-order valence-corrected chi connectivity index (χ0v) is 25.1. The van der Waals surface area contributed by atoms with E-state index in [1.807, 2.05) is 0 Å². The Morgan fingerprint density at radius 2 is 0.630 bits per heavy atom. The molecule has 0 radical (unpaired) electrons. The van der Waals surface area contributed by atoms with E-state index in [1.165, 1.54) is 89.1 Å². The molecule has 2 nitrogen and oxygen atoms in total. The lowest BCUT2D eigenvalue weighted by Gasteiger charge is -2.42. The van der Waals surface area contributed by atoms with Crippen LogP contribution in [0.3, 0.4) is 0 Å². The fraction of sp³-hybridized carbons (Fsp3) is 0. The van der Waals surface area contributed by atoms with Gasteiger partial charge in [0.2, 0.25) is 0 Å². The molecule has 4 aliphatic heterocycles. The van der Waals surface area contributed by atoms with Crippen molar-refractivity contribution < 1.29 is 0 Å². The summed E-state index contributed by atoms with van der Waals surface area (Å²) in [5, 5.41) is 0. The van der Waals surface area contributed by atoms with Gasteiger partial charge in [-0.05, 0) is 91.6 Å². The predicted molar refractivity (Wildman–Crippen MR) is 195 cm³/mol. The van der Waals surface area contributed by atoms with E-state index in [-0.39, 0.29) is 13.7 Å². The molecule has 0 bridgehead atoms. The molecule has 0 fully saturated rings. The Labute approximate surface area is 269 Å². The summed E-state index contributed by atoms with van der Waals surface area (Å²) >= 11 is 0. The zero-order chi connectivity index (χ0) is 29.9. The molecule has 46 heavy (non-hydrogen) atoms. The second-order valence-electron chi connectivity index (χ2n) is 12.8. The first-order chi connectivity index (χ1) is 22.9. The second-order valence-corrected chi connectivity index (χ2v) is 12.8. The first-order valence-corrected chi connectivity index (χ1v) is 16.2. The Hall–Kier alpha value is -5.73. The monoisotopic (exact) mass is 580 g/mol. The first kappa shape index (κ1) is 24.6. The number of fused-ring (bicyclic) bond motifs is 12. The van der Waals surface area contributed by atoms with Gasteiger partial charge in [0.15, 0.2) is 0 Å². The van der Waals surface area contributed by atoms with E-state index in [4.69, 9.17) is 0 Å². The van der Waals surface area contributed by atoms with Crippen molar-refractivity contribution in [1.29, 1.82) is 0 Å². The van der Waals surface area contributed by atoms with Gasteiger partial charge in [-0.3, -0.25) is 0 Å².